The van der Waals surface area contributed by atoms with Crippen LogP contribution in [0.2, 0.25) is 5.02 Å². The third-order valence-corrected chi connectivity index (χ3v) is 5.94. The van der Waals surface area contributed by atoms with Crippen molar-refractivity contribution < 1.29 is 14.0 Å². The predicted molar refractivity (Wildman–Crippen MR) is 122 cm³/mol. The highest BCUT2D eigenvalue weighted by atomic mass is 35.5. The number of benzene rings is 1. The molecule has 1 N–H and O–H groups in total. The third-order valence-electron chi connectivity index (χ3n) is 5.65. The number of pyridine rings is 1. The summed E-state index contributed by atoms with van der Waals surface area (Å²) in [5.41, 5.74) is 2.67. The molecule has 0 saturated carbocycles. The normalized spacial score (nSPS) is 13.6. The number of aromatic nitrogens is 2. The second-order valence-electron chi connectivity index (χ2n) is 7.79. The lowest BCUT2D eigenvalue weighted by Gasteiger charge is -2.15. The summed E-state index contributed by atoms with van der Waals surface area (Å²) in [4.78, 5) is 31.6. The predicted octanol–water partition coefficient (Wildman–Crippen LogP) is 5.04. The Morgan fingerprint density at radius 1 is 1.06 bits per heavy atom. The zero-order valence-corrected chi connectivity index (χ0v) is 18.2. The highest BCUT2D eigenvalue weighted by Crippen LogP contribution is 2.26. The van der Waals surface area contributed by atoms with Crippen LogP contribution in [-0.2, 0) is 0 Å². The first-order chi connectivity index (χ1) is 15.5. The Morgan fingerprint density at radius 2 is 1.81 bits per heavy atom. The van der Waals surface area contributed by atoms with E-state index in [2.05, 4.69) is 10.3 Å². The van der Waals surface area contributed by atoms with Gasteiger partial charge in [-0.3, -0.25) is 14.0 Å². The lowest BCUT2D eigenvalue weighted by atomic mass is 10.1. The number of halogens is 1. The van der Waals surface area contributed by atoms with Gasteiger partial charge in [0.2, 0.25) is 0 Å². The first-order valence-corrected chi connectivity index (χ1v) is 10.8. The molecule has 1 saturated heterocycles. The summed E-state index contributed by atoms with van der Waals surface area (Å²) in [6, 6.07) is 14.2. The van der Waals surface area contributed by atoms with Crippen LogP contribution in [0, 0.1) is 6.92 Å². The fourth-order valence-corrected chi connectivity index (χ4v) is 4.17. The standard InChI is InChI=1S/C24H21ClN4O3/c1-15-21(29-14-4-5-18(25)22(29)26-15)27-23(30)20-11-10-19(32-20)16-6-8-17(9-7-16)24(31)28-12-2-3-13-28/h4-11,14H,2-3,12-13H2,1H3,(H,27,30). The van der Waals surface area contributed by atoms with Crippen molar-refractivity contribution >= 4 is 34.9 Å². The van der Waals surface area contributed by atoms with Crippen LogP contribution in [0.3, 0.4) is 0 Å². The number of likely N-dealkylation sites (tertiary alicyclic amines) is 1. The molecule has 3 aromatic heterocycles. The van der Waals surface area contributed by atoms with Crippen molar-refractivity contribution in [3.63, 3.8) is 0 Å². The van der Waals surface area contributed by atoms with Crippen molar-refractivity contribution in [2.24, 2.45) is 0 Å². The van der Waals surface area contributed by atoms with Gasteiger partial charge in [0.25, 0.3) is 11.8 Å². The fourth-order valence-electron chi connectivity index (χ4n) is 3.96. The number of amides is 2. The van der Waals surface area contributed by atoms with E-state index in [4.69, 9.17) is 16.0 Å². The van der Waals surface area contributed by atoms with Gasteiger partial charge in [-0.05, 0) is 56.2 Å². The fraction of sp³-hybridized carbons (Fsp3) is 0.208. The van der Waals surface area contributed by atoms with Crippen molar-refractivity contribution in [2.75, 3.05) is 18.4 Å². The lowest BCUT2D eigenvalue weighted by molar-refractivity contribution is 0.0792. The van der Waals surface area contributed by atoms with Gasteiger partial charge >= 0.3 is 0 Å². The number of fused-ring (bicyclic) bond motifs is 1. The van der Waals surface area contributed by atoms with E-state index >= 15 is 0 Å². The highest BCUT2D eigenvalue weighted by Gasteiger charge is 2.20. The molecule has 1 aromatic carbocycles. The number of hydrogen-bond donors (Lipinski definition) is 1. The van der Waals surface area contributed by atoms with E-state index in [1.165, 1.54) is 0 Å². The smallest absolute Gasteiger partial charge is 0.292 e. The maximum Gasteiger partial charge on any atom is 0.292 e. The number of nitrogens with zero attached hydrogens (tertiary/aromatic N) is 3. The zero-order valence-electron chi connectivity index (χ0n) is 17.5. The Bertz CT molecular complexity index is 1320. The van der Waals surface area contributed by atoms with Gasteiger partial charge in [0.15, 0.2) is 11.4 Å². The van der Waals surface area contributed by atoms with Gasteiger partial charge in [-0.25, -0.2) is 4.98 Å². The van der Waals surface area contributed by atoms with Crippen LogP contribution in [0.4, 0.5) is 5.82 Å². The minimum Gasteiger partial charge on any atom is -0.451 e. The summed E-state index contributed by atoms with van der Waals surface area (Å²) in [7, 11) is 0. The second kappa shape index (κ2) is 8.16. The van der Waals surface area contributed by atoms with E-state index in [-0.39, 0.29) is 17.6 Å². The minimum atomic E-state index is -0.387. The van der Waals surface area contributed by atoms with Crippen molar-refractivity contribution in [3.8, 4) is 11.3 Å². The molecule has 0 bridgehead atoms. The van der Waals surface area contributed by atoms with E-state index < -0.39 is 0 Å². The molecule has 1 aliphatic heterocycles. The van der Waals surface area contributed by atoms with E-state index in [0.717, 1.165) is 31.5 Å². The van der Waals surface area contributed by atoms with Crippen LogP contribution in [0.15, 0.2) is 59.1 Å². The Balaban J connectivity index is 1.34. The third kappa shape index (κ3) is 3.65. The molecule has 0 atom stereocenters. The van der Waals surface area contributed by atoms with Crippen LogP contribution in [0.5, 0.6) is 0 Å². The Labute approximate surface area is 189 Å². The molecule has 4 aromatic rings. The van der Waals surface area contributed by atoms with Gasteiger partial charge in [0, 0.05) is 30.4 Å². The number of nitrogens with one attached hydrogen (secondary N) is 1. The number of carbonyl (C=O) groups excluding carboxylic acids is 2. The largest absolute Gasteiger partial charge is 0.451 e. The number of hydrogen-bond acceptors (Lipinski definition) is 4. The lowest BCUT2D eigenvalue weighted by Crippen LogP contribution is -2.27. The van der Waals surface area contributed by atoms with Crippen LogP contribution in [0.25, 0.3) is 17.0 Å². The van der Waals surface area contributed by atoms with Crippen molar-refractivity contribution in [3.05, 3.63) is 76.8 Å². The Hall–Kier alpha value is -3.58. The Morgan fingerprint density at radius 3 is 2.56 bits per heavy atom. The van der Waals surface area contributed by atoms with Gasteiger partial charge in [-0.2, -0.15) is 0 Å². The number of rotatable bonds is 4. The molecule has 1 aliphatic rings. The van der Waals surface area contributed by atoms with E-state index in [1.807, 2.05) is 17.0 Å². The van der Waals surface area contributed by atoms with Gasteiger partial charge in [-0.15, -0.1) is 0 Å². The molecule has 4 heterocycles. The topological polar surface area (TPSA) is 79.8 Å². The average Bonchev–Trinajstić information content (AvgIpc) is 3.55. The van der Waals surface area contributed by atoms with Crippen LogP contribution >= 0.6 is 11.6 Å². The maximum absolute atomic E-state index is 12.8. The highest BCUT2D eigenvalue weighted by molar-refractivity contribution is 6.33. The van der Waals surface area contributed by atoms with E-state index in [0.29, 0.717) is 33.5 Å². The molecule has 162 valence electrons. The summed E-state index contributed by atoms with van der Waals surface area (Å²) in [5, 5.41) is 3.36. The summed E-state index contributed by atoms with van der Waals surface area (Å²) < 4.78 is 7.52. The van der Waals surface area contributed by atoms with Gasteiger partial charge < -0.3 is 14.6 Å². The number of carbonyl (C=O) groups is 2. The molecule has 2 amide bonds. The van der Waals surface area contributed by atoms with Crippen molar-refractivity contribution in [1.82, 2.24) is 14.3 Å². The monoisotopic (exact) mass is 448 g/mol. The molecular weight excluding hydrogens is 428 g/mol. The molecule has 0 unspecified atom stereocenters. The zero-order chi connectivity index (χ0) is 22.2. The summed E-state index contributed by atoms with van der Waals surface area (Å²) in [6.45, 7) is 3.43. The molecule has 5 rings (SSSR count). The maximum atomic E-state index is 12.8. The van der Waals surface area contributed by atoms with E-state index in [9.17, 15) is 9.59 Å². The van der Waals surface area contributed by atoms with Gasteiger partial charge in [-0.1, -0.05) is 23.7 Å². The Kier molecular flexibility index (Phi) is 5.19. The molecular formula is C24H21ClN4O3. The molecule has 32 heavy (non-hydrogen) atoms. The van der Waals surface area contributed by atoms with Crippen molar-refractivity contribution in [2.45, 2.75) is 19.8 Å². The summed E-state index contributed by atoms with van der Waals surface area (Å²) >= 11 is 6.20. The van der Waals surface area contributed by atoms with Gasteiger partial charge in [0.1, 0.15) is 11.6 Å². The second-order valence-corrected chi connectivity index (χ2v) is 8.20. The average molecular weight is 449 g/mol. The molecule has 1 fully saturated rings. The van der Waals surface area contributed by atoms with Crippen molar-refractivity contribution in [1.29, 1.82) is 0 Å². The number of furan rings is 1. The summed E-state index contributed by atoms with van der Waals surface area (Å²) in [5.74, 6) is 0.927. The molecule has 0 radical (unpaired) electrons. The van der Waals surface area contributed by atoms with Crippen LogP contribution < -0.4 is 5.32 Å². The first-order valence-electron chi connectivity index (χ1n) is 10.5. The SMILES string of the molecule is Cc1nc2c(Cl)cccn2c1NC(=O)c1ccc(-c2ccc(C(=O)N3CCCC3)cc2)o1. The molecule has 8 heteroatoms. The number of imidazole rings is 1. The van der Waals surface area contributed by atoms with E-state index in [1.54, 1.807) is 53.9 Å². The number of anilines is 1. The number of aryl methyl sites for hydroxylation is 1. The quantitative estimate of drug-likeness (QED) is 0.474. The molecule has 0 spiro atoms. The van der Waals surface area contributed by atoms with Gasteiger partial charge in [0.05, 0.1) is 10.7 Å². The molecule has 0 aliphatic carbocycles. The summed E-state index contributed by atoms with van der Waals surface area (Å²) in [6.07, 6.45) is 3.90. The molecule has 7 nitrogen and oxygen atoms in total. The van der Waals surface area contributed by atoms with Crippen LogP contribution in [0.1, 0.15) is 39.4 Å². The minimum absolute atomic E-state index is 0.0528. The first kappa shape index (κ1) is 20.3. The van der Waals surface area contributed by atoms with Crippen LogP contribution in [-0.4, -0.2) is 39.2 Å².